The Bertz CT molecular complexity index is 934. The zero-order chi connectivity index (χ0) is 18.7. The first-order chi connectivity index (χ1) is 12.3. The Morgan fingerprint density at radius 1 is 1.08 bits per heavy atom. The van der Waals surface area contributed by atoms with E-state index in [9.17, 15) is 22.4 Å². The van der Waals surface area contributed by atoms with Crippen LogP contribution in [0.5, 0.6) is 0 Å². The van der Waals surface area contributed by atoms with E-state index in [1.165, 1.54) is 30.3 Å². The number of nitrogens with zero attached hydrogens (tertiary/aromatic N) is 1. The largest absolute Gasteiger partial charge is 0.455 e. The lowest BCUT2D eigenvalue weighted by Crippen LogP contribution is -2.09. The van der Waals surface area contributed by atoms with Crippen molar-refractivity contribution in [2.75, 3.05) is 0 Å². The predicted molar refractivity (Wildman–Crippen MR) is 82.5 cm³/mol. The quantitative estimate of drug-likeness (QED) is 0.490. The van der Waals surface area contributed by atoms with Crippen molar-refractivity contribution in [1.82, 2.24) is 5.16 Å². The van der Waals surface area contributed by atoms with Gasteiger partial charge in [0.25, 0.3) is 0 Å². The van der Waals surface area contributed by atoms with Crippen LogP contribution in [-0.4, -0.2) is 11.1 Å². The first kappa shape index (κ1) is 17.7. The second-order valence-electron chi connectivity index (χ2n) is 5.32. The topological polar surface area (TPSA) is 52.3 Å². The fraction of sp³-hybridized carbons (Fsp3) is 0.111. The standard InChI is InChI=1S/C18H11F4NO3/c19-15-7-2-1-6-14(15)16-9-13(23-26-16)10-25-17(24)11-4-3-5-12(8-11)18(20,21)22/h1-9H,10H2. The second-order valence-corrected chi connectivity index (χ2v) is 5.32. The maximum atomic E-state index is 13.7. The third-order valence-electron chi connectivity index (χ3n) is 3.48. The van der Waals surface area contributed by atoms with E-state index < -0.39 is 23.5 Å². The summed E-state index contributed by atoms with van der Waals surface area (Å²) in [6.45, 7) is -0.326. The van der Waals surface area contributed by atoms with E-state index in [1.54, 1.807) is 6.07 Å². The minimum atomic E-state index is -4.56. The number of aromatic nitrogens is 1. The third-order valence-corrected chi connectivity index (χ3v) is 3.48. The molecule has 0 saturated carbocycles. The van der Waals surface area contributed by atoms with Gasteiger partial charge in [-0.25, -0.2) is 9.18 Å². The Balaban J connectivity index is 1.68. The first-order valence-electron chi connectivity index (χ1n) is 7.39. The van der Waals surface area contributed by atoms with Crippen LogP contribution in [0.3, 0.4) is 0 Å². The highest BCUT2D eigenvalue weighted by Gasteiger charge is 2.31. The molecule has 0 spiro atoms. The molecular formula is C18H11F4NO3. The smallest absolute Gasteiger partial charge is 0.416 e. The molecule has 8 heteroatoms. The summed E-state index contributed by atoms with van der Waals surface area (Å²) in [7, 11) is 0. The average molecular weight is 365 g/mol. The number of carbonyl (C=O) groups excluding carboxylic acids is 1. The number of carbonyl (C=O) groups is 1. The first-order valence-corrected chi connectivity index (χ1v) is 7.39. The molecule has 3 aromatic rings. The number of alkyl halides is 3. The van der Waals surface area contributed by atoms with Crippen molar-refractivity contribution in [3.8, 4) is 11.3 Å². The second kappa shape index (κ2) is 6.99. The van der Waals surface area contributed by atoms with Crippen molar-refractivity contribution < 1.29 is 31.6 Å². The molecule has 2 aromatic carbocycles. The van der Waals surface area contributed by atoms with Crippen LogP contribution in [0.25, 0.3) is 11.3 Å². The summed E-state index contributed by atoms with van der Waals surface area (Å²) in [6.07, 6.45) is -4.56. The zero-order valence-corrected chi connectivity index (χ0v) is 13.1. The van der Waals surface area contributed by atoms with Crippen molar-refractivity contribution in [2.24, 2.45) is 0 Å². The van der Waals surface area contributed by atoms with E-state index >= 15 is 0 Å². The van der Waals surface area contributed by atoms with Crippen LogP contribution >= 0.6 is 0 Å². The molecule has 0 amide bonds. The van der Waals surface area contributed by atoms with E-state index in [2.05, 4.69) is 5.16 Å². The lowest BCUT2D eigenvalue weighted by molar-refractivity contribution is -0.137. The van der Waals surface area contributed by atoms with E-state index in [0.717, 1.165) is 12.1 Å². The molecule has 0 radical (unpaired) electrons. The minimum absolute atomic E-state index is 0.146. The van der Waals surface area contributed by atoms with Crippen molar-refractivity contribution in [3.63, 3.8) is 0 Å². The molecule has 0 fully saturated rings. The number of halogens is 4. The van der Waals surface area contributed by atoms with Gasteiger partial charge in [0.1, 0.15) is 18.1 Å². The van der Waals surface area contributed by atoms with Gasteiger partial charge in [0.05, 0.1) is 16.7 Å². The predicted octanol–water partition coefficient (Wildman–Crippen LogP) is 4.86. The molecular weight excluding hydrogens is 354 g/mol. The number of rotatable bonds is 4. The van der Waals surface area contributed by atoms with Gasteiger partial charge in [-0.2, -0.15) is 13.2 Å². The Hall–Kier alpha value is -3.16. The SMILES string of the molecule is O=C(OCc1cc(-c2ccccc2F)on1)c1cccc(C(F)(F)F)c1. The summed E-state index contributed by atoms with van der Waals surface area (Å²) < 4.78 is 61.7. The number of benzene rings is 2. The molecule has 0 saturated heterocycles. The highest BCUT2D eigenvalue weighted by molar-refractivity contribution is 5.89. The van der Waals surface area contributed by atoms with Gasteiger partial charge in [-0.3, -0.25) is 0 Å². The van der Waals surface area contributed by atoms with Gasteiger partial charge in [0.15, 0.2) is 5.76 Å². The molecule has 4 nitrogen and oxygen atoms in total. The van der Waals surface area contributed by atoms with Gasteiger partial charge >= 0.3 is 12.1 Å². The molecule has 134 valence electrons. The molecule has 0 bridgehead atoms. The zero-order valence-electron chi connectivity index (χ0n) is 13.1. The van der Waals surface area contributed by atoms with Crippen LogP contribution in [0.1, 0.15) is 21.6 Å². The number of esters is 1. The summed E-state index contributed by atoms with van der Waals surface area (Å²) >= 11 is 0. The molecule has 1 heterocycles. The molecule has 3 rings (SSSR count). The van der Waals surface area contributed by atoms with E-state index in [1.807, 2.05) is 0 Å². The number of hydrogen-bond donors (Lipinski definition) is 0. The van der Waals surface area contributed by atoms with Crippen molar-refractivity contribution >= 4 is 5.97 Å². The van der Waals surface area contributed by atoms with Crippen LogP contribution in [0, 0.1) is 5.82 Å². The highest BCUT2D eigenvalue weighted by Crippen LogP contribution is 2.29. The summed E-state index contributed by atoms with van der Waals surface area (Å²) in [6, 6.07) is 11.2. The number of ether oxygens (including phenoxy) is 1. The van der Waals surface area contributed by atoms with Crippen molar-refractivity contribution in [1.29, 1.82) is 0 Å². The fourth-order valence-corrected chi connectivity index (χ4v) is 2.21. The molecule has 0 aliphatic heterocycles. The van der Waals surface area contributed by atoms with Crippen molar-refractivity contribution in [3.05, 3.63) is 77.2 Å². The molecule has 0 N–H and O–H groups in total. The average Bonchev–Trinajstić information content (AvgIpc) is 3.08. The highest BCUT2D eigenvalue weighted by atomic mass is 19.4. The maximum Gasteiger partial charge on any atom is 0.416 e. The van der Waals surface area contributed by atoms with Crippen LogP contribution in [0.2, 0.25) is 0 Å². The lowest BCUT2D eigenvalue weighted by Gasteiger charge is -2.08. The summed E-state index contributed by atoms with van der Waals surface area (Å²) in [5, 5.41) is 3.66. The van der Waals surface area contributed by atoms with Gasteiger partial charge in [-0.1, -0.05) is 23.4 Å². The maximum absolute atomic E-state index is 13.7. The minimum Gasteiger partial charge on any atom is -0.455 e. The fourth-order valence-electron chi connectivity index (χ4n) is 2.21. The number of hydrogen-bond acceptors (Lipinski definition) is 4. The van der Waals surface area contributed by atoms with Crippen LogP contribution in [0.4, 0.5) is 17.6 Å². The van der Waals surface area contributed by atoms with E-state index in [-0.39, 0.29) is 29.2 Å². The summed E-state index contributed by atoms with van der Waals surface area (Å²) in [5.41, 5.74) is -0.799. The van der Waals surface area contributed by atoms with E-state index in [0.29, 0.717) is 6.07 Å². The monoisotopic (exact) mass is 365 g/mol. The molecule has 1 aromatic heterocycles. The van der Waals surface area contributed by atoms with Crippen LogP contribution in [-0.2, 0) is 17.5 Å². The summed E-state index contributed by atoms with van der Waals surface area (Å²) in [4.78, 5) is 11.9. The van der Waals surface area contributed by atoms with Crippen LogP contribution < -0.4 is 0 Å². The Morgan fingerprint density at radius 2 is 1.85 bits per heavy atom. The Morgan fingerprint density at radius 3 is 2.58 bits per heavy atom. The van der Waals surface area contributed by atoms with Crippen molar-refractivity contribution in [2.45, 2.75) is 12.8 Å². The van der Waals surface area contributed by atoms with Gasteiger partial charge in [-0.05, 0) is 30.3 Å². The van der Waals surface area contributed by atoms with E-state index in [4.69, 9.17) is 9.26 Å². The Labute approximate surface area is 145 Å². The molecule has 0 atom stereocenters. The Kier molecular flexibility index (Phi) is 4.75. The summed E-state index contributed by atoms with van der Waals surface area (Å²) in [5.74, 6) is -1.30. The molecule has 0 aliphatic rings. The van der Waals surface area contributed by atoms with Gasteiger partial charge in [-0.15, -0.1) is 0 Å². The molecule has 0 unspecified atom stereocenters. The van der Waals surface area contributed by atoms with Crippen LogP contribution in [0.15, 0.2) is 59.1 Å². The van der Waals surface area contributed by atoms with Gasteiger partial charge in [0, 0.05) is 6.07 Å². The van der Waals surface area contributed by atoms with Gasteiger partial charge in [0.2, 0.25) is 0 Å². The normalized spacial score (nSPS) is 11.4. The lowest BCUT2D eigenvalue weighted by atomic mass is 10.1. The third kappa shape index (κ3) is 3.90. The molecule has 0 aliphatic carbocycles. The van der Waals surface area contributed by atoms with Gasteiger partial charge < -0.3 is 9.26 Å². The molecule has 26 heavy (non-hydrogen) atoms.